The molecule has 0 spiro atoms. The largest absolute Gasteiger partial charge is 1.00 e. The Morgan fingerprint density at radius 2 is 1.80 bits per heavy atom. The highest BCUT2D eigenvalue weighted by atomic mass is 79.9. The number of ether oxygens (including phenoxy) is 2. The lowest BCUT2D eigenvalue weighted by atomic mass is 10.1. The number of methoxy groups -OCH3 is 1. The number of esters is 1. The Morgan fingerprint density at radius 3 is 2.56 bits per heavy atom. The van der Waals surface area contributed by atoms with Crippen molar-refractivity contribution in [1.29, 1.82) is 0 Å². The van der Waals surface area contributed by atoms with Gasteiger partial charge in [0.25, 0.3) is 0 Å². The fourth-order valence-electron chi connectivity index (χ4n) is 3.07. The van der Waals surface area contributed by atoms with Crippen molar-refractivity contribution in [3.8, 4) is 11.5 Å². The molecule has 0 fully saturated rings. The first-order valence-electron chi connectivity index (χ1n) is 7.69. The summed E-state index contributed by atoms with van der Waals surface area (Å²) in [5.41, 5.74) is 1.10. The third-order valence-electron chi connectivity index (χ3n) is 4.15. The van der Waals surface area contributed by atoms with Crippen LogP contribution in [-0.4, -0.2) is 13.1 Å². The maximum absolute atomic E-state index is 11.5. The molecule has 0 radical (unpaired) electrons. The van der Waals surface area contributed by atoms with Crippen LogP contribution in [0.3, 0.4) is 0 Å². The minimum absolute atomic E-state index is 0. The molecule has 0 aliphatic carbocycles. The third-order valence-corrected chi connectivity index (χ3v) is 4.15. The van der Waals surface area contributed by atoms with Crippen molar-refractivity contribution < 1.29 is 35.7 Å². The van der Waals surface area contributed by atoms with Crippen LogP contribution in [0.25, 0.3) is 27.1 Å². The number of aromatic nitrogens is 1. The molecule has 4 rings (SSSR count). The molecule has 2 heterocycles. The number of halogens is 1. The van der Waals surface area contributed by atoms with Gasteiger partial charge in [-0.3, -0.25) is 4.79 Å². The highest BCUT2D eigenvalue weighted by Gasteiger charge is 2.17. The molecule has 2 aromatic heterocycles. The van der Waals surface area contributed by atoms with Crippen molar-refractivity contribution in [1.82, 2.24) is 0 Å². The summed E-state index contributed by atoms with van der Waals surface area (Å²) in [6.07, 6.45) is 3.98. The number of carbonyl (C=O) groups is 1. The van der Waals surface area contributed by atoms with Crippen LogP contribution in [-0.2, 0) is 4.79 Å². The van der Waals surface area contributed by atoms with Crippen molar-refractivity contribution in [3.63, 3.8) is 0 Å². The SMILES string of the molecule is COc1ccc2cc3c4ccccc4cc[n+]3cc2c1OC(C)=O.[Br-]. The lowest BCUT2D eigenvalue weighted by Gasteiger charge is -2.10. The summed E-state index contributed by atoms with van der Waals surface area (Å²) in [6.45, 7) is 1.39. The number of hydrogen-bond donors (Lipinski definition) is 0. The summed E-state index contributed by atoms with van der Waals surface area (Å²) in [7, 11) is 1.57. The standard InChI is InChI=1S/C20H16NO3.BrH/c1-13(22)24-20-17-12-21-10-9-14-5-3-4-6-16(14)18(21)11-15(17)7-8-19(20)23-2;/h3-12H,1-2H3;1H/q+1;/p-1. The number of nitrogens with zero attached hydrogens (tertiary/aromatic N) is 1. The van der Waals surface area contributed by atoms with Gasteiger partial charge in [-0.1, -0.05) is 18.2 Å². The molecule has 5 heteroatoms. The van der Waals surface area contributed by atoms with Crippen molar-refractivity contribution in [2.24, 2.45) is 0 Å². The third kappa shape index (κ3) is 2.91. The first-order chi connectivity index (χ1) is 11.7. The van der Waals surface area contributed by atoms with Gasteiger partial charge in [-0.05, 0) is 29.0 Å². The van der Waals surface area contributed by atoms with Gasteiger partial charge in [-0.2, -0.15) is 4.40 Å². The lowest BCUT2D eigenvalue weighted by Crippen LogP contribution is -3.00. The molecule has 2 aromatic carbocycles. The maximum Gasteiger partial charge on any atom is 0.308 e. The van der Waals surface area contributed by atoms with Crippen molar-refractivity contribution >= 4 is 33.0 Å². The molecule has 0 bridgehead atoms. The maximum atomic E-state index is 11.5. The minimum atomic E-state index is -0.371. The zero-order chi connectivity index (χ0) is 16.7. The first kappa shape index (κ1) is 17.2. The normalized spacial score (nSPS) is 10.6. The predicted molar refractivity (Wildman–Crippen MR) is 92.5 cm³/mol. The predicted octanol–water partition coefficient (Wildman–Crippen LogP) is 0.670. The quantitative estimate of drug-likeness (QED) is 0.164. The molecule has 0 saturated carbocycles. The van der Waals surface area contributed by atoms with E-state index in [0.717, 1.165) is 16.3 Å². The van der Waals surface area contributed by atoms with E-state index in [1.165, 1.54) is 17.7 Å². The molecule has 0 aliphatic rings. The van der Waals surface area contributed by atoms with Crippen LogP contribution in [0.1, 0.15) is 6.92 Å². The Labute approximate surface area is 155 Å². The van der Waals surface area contributed by atoms with E-state index in [-0.39, 0.29) is 23.0 Å². The second-order valence-corrected chi connectivity index (χ2v) is 5.66. The molecule has 0 N–H and O–H groups in total. The molecule has 0 amide bonds. The molecule has 4 nitrogen and oxygen atoms in total. The van der Waals surface area contributed by atoms with E-state index >= 15 is 0 Å². The van der Waals surface area contributed by atoms with Crippen LogP contribution in [0, 0.1) is 0 Å². The number of pyridine rings is 2. The van der Waals surface area contributed by atoms with Gasteiger partial charge in [-0.25, -0.2) is 0 Å². The molecule has 0 saturated heterocycles. The molecule has 0 aliphatic heterocycles. The van der Waals surface area contributed by atoms with Crippen molar-refractivity contribution in [3.05, 3.63) is 60.9 Å². The van der Waals surface area contributed by atoms with Gasteiger partial charge in [0.1, 0.15) is 0 Å². The first-order valence-corrected chi connectivity index (χ1v) is 7.69. The van der Waals surface area contributed by atoms with Gasteiger partial charge in [0.05, 0.1) is 17.9 Å². The average molecular weight is 398 g/mol. The summed E-state index contributed by atoms with van der Waals surface area (Å²) in [5, 5.41) is 4.18. The number of hydrogen-bond acceptors (Lipinski definition) is 3. The van der Waals surface area contributed by atoms with E-state index in [0.29, 0.717) is 11.5 Å². The number of carbonyl (C=O) groups excluding carboxylic acids is 1. The molecule has 0 unspecified atom stereocenters. The zero-order valence-electron chi connectivity index (χ0n) is 13.8. The molecule has 0 atom stereocenters. The van der Waals surface area contributed by atoms with Crippen LogP contribution < -0.4 is 30.9 Å². The Hall–Kier alpha value is -2.66. The van der Waals surface area contributed by atoms with E-state index in [1.54, 1.807) is 7.11 Å². The zero-order valence-corrected chi connectivity index (χ0v) is 15.4. The van der Waals surface area contributed by atoms with E-state index in [2.05, 4.69) is 24.3 Å². The van der Waals surface area contributed by atoms with Gasteiger partial charge in [0.2, 0.25) is 5.52 Å². The smallest absolute Gasteiger partial charge is 0.308 e. The van der Waals surface area contributed by atoms with E-state index in [4.69, 9.17) is 9.47 Å². The van der Waals surface area contributed by atoms with Gasteiger partial charge in [0, 0.05) is 19.1 Å². The number of fused-ring (bicyclic) bond motifs is 4. The van der Waals surface area contributed by atoms with Crippen molar-refractivity contribution in [2.75, 3.05) is 7.11 Å². The van der Waals surface area contributed by atoms with Gasteiger partial charge < -0.3 is 26.5 Å². The van der Waals surface area contributed by atoms with E-state index in [1.807, 2.05) is 41.1 Å². The second-order valence-electron chi connectivity index (χ2n) is 5.66. The molecule has 4 aromatic rings. The Balaban J connectivity index is 0.00000182. The van der Waals surface area contributed by atoms with Gasteiger partial charge in [0.15, 0.2) is 23.9 Å². The van der Waals surface area contributed by atoms with Crippen LogP contribution >= 0.6 is 0 Å². The highest BCUT2D eigenvalue weighted by Crippen LogP contribution is 2.35. The second kappa shape index (κ2) is 6.69. The topological polar surface area (TPSA) is 39.6 Å². The summed E-state index contributed by atoms with van der Waals surface area (Å²) >= 11 is 0. The Morgan fingerprint density at radius 1 is 1.00 bits per heavy atom. The fraction of sp³-hybridized carbons (Fsp3) is 0.100. The number of benzene rings is 2. The summed E-state index contributed by atoms with van der Waals surface area (Å²) < 4.78 is 12.8. The molecule has 25 heavy (non-hydrogen) atoms. The molecular weight excluding hydrogens is 382 g/mol. The molecular formula is C20H16BrNO3. The van der Waals surface area contributed by atoms with Crippen LogP contribution in [0.2, 0.25) is 0 Å². The van der Waals surface area contributed by atoms with Gasteiger partial charge >= 0.3 is 5.97 Å². The molecule has 126 valence electrons. The van der Waals surface area contributed by atoms with Crippen LogP contribution in [0.4, 0.5) is 0 Å². The summed E-state index contributed by atoms with van der Waals surface area (Å²) in [4.78, 5) is 11.5. The Kier molecular flexibility index (Phi) is 4.59. The number of rotatable bonds is 2. The average Bonchev–Trinajstić information content (AvgIpc) is 2.60. The Bertz CT molecular complexity index is 1110. The van der Waals surface area contributed by atoms with Crippen molar-refractivity contribution in [2.45, 2.75) is 6.92 Å². The monoisotopic (exact) mass is 397 g/mol. The highest BCUT2D eigenvalue weighted by molar-refractivity contribution is 5.99. The lowest BCUT2D eigenvalue weighted by molar-refractivity contribution is -0.509. The van der Waals surface area contributed by atoms with E-state index in [9.17, 15) is 4.79 Å². The van der Waals surface area contributed by atoms with Gasteiger partial charge in [-0.15, -0.1) is 0 Å². The summed E-state index contributed by atoms with van der Waals surface area (Å²) in [6, 6.07) is 16.2. The fourth-order valence-corrected chi connectivity index (χ4v) is 3.07. The minimum Gasteiger partial charge on any atom is -1.00 e. The summed E-state index contributed by atoms with van der Waals surface area (Å²) in [5.74, 6) is 0.618. The van der Waals surface area contributed by atoms with Crippen LogP contribution in [0.5, 0.6) is 11.5 Å². The van der Waals surface area contributed by atoms with E-state index < -0.39 is 0 Å². The van der Waals surface area contributed by atoms with Crippen LogP contribution in [0.15, 0.2) is 60.9 Å².